The lowest BCUT2D eigenvalue weighted by atomic mass is 10.2. The number of ether oxygens (including phenoxy) is 4. The van der Waals surface area contributed by atoms with E-state index in [-0.39, 0.29) is 25.6 Å². The summed E-state index contributed by atoms with van der Waals surface area (Å²) in [7, 11) is 3.19. The van der Waals surface area contributed by atoms with Gasteiger partial charge in [0, 0.05) is 5.56 Å². The standard InChI is InChI=1S/C18H20O5/c1-20-15-7-9-16(10-8-15)22-12-11-18(19)23-13-14-5-3-4-6-17(14)21-2/h3-10H,11-13H2,1-2H3. The third-order valence-electron chi connectivity index (χ3n) is 3.22. The molecule has 122 valence electrons. The SMILES string of the molecule is COc1ccc(OCCC(=O)OCc2ccccc2OC)cc1. The molecule has 0 unspecified atom stereocenters. The summed E-state index contributed by atoms with van der Waals surface area (Å²) < 4.78 is 21.0. The summed E-state index contributed by atoms with van der Waals surface area (Å²) in [6, 6.07) is 14.6. The first-order chi connectivity index (χ1) is 11.2. The second-order valence-corrected chi connectivity index (χ2v) is 4.75. The molecule has 0 fully saturated rings. The topological polar surface area (TPSA) is 54.0 Å². The molecular formula is C18H20O5. The Morgan fingerprint density at radius 1 is 0.913 bits per heavy atom. The first-order valence-electron chi connectivity index (χ1n) is 7.27. The van der Waals surface area contributed by atoms with Crippen molar-refractivity contribution in [2.75, 3.05) is 20.8 Å². The summed E-state index contributed by atoms with van der Waals surface area (Å²) in [5.41, 5.74) is 0.833. The van der Waals surface area contributed by atoms with Crippen molar-refractivity contribution in [3.63, 3.8) is 0 Å². The van der Waals surface area contributed by atoms with E-state index >= 15 is 0 Å². The molecule has 0 amide bonds. The van der Waals surface area contributed by atoms with Crippen LogP contribution in [0.1, 0.15) is 12.0 Å². The van der Waals surface area contributed by atoms with E-state index in [9.17, 15) is 4.79 Å². The predicted molar refractivity (Wildman–Crippen MR) is 85.9 cm³/mol. The number of hydrogen-bond donors (Lipinski definition) is 0. The molecule has 0 aliphatic heterocycles. The highest BCUT2D eigenvalue weighted by atomic mass is 16.5. The van der Waals surface area contributed by atoms with Crippen LogP contribution in [0.4, 0.5) is 0 Å². The molecule has 2 aromatic carbocycles. The Morgan fingerprint density at radius 2 is 1.61 bits per heavy atom. The summed E-state index contributed by atoms with van der Waals surface area (Å²) >= 11 is 0. The molecule has 0 bridgehead atoms. The zero-order chi connectivity index (χ0) is 16.5. The molecule has 5 nitrogen and oxygen atoms in total. The maximum atomic E-state index is 11.7. The van der Waals surface area contributed by atoms with E-state index in [2.05, 4.69) is 0 Å². The highest BCUT2D eigenvalue weighted by Crippen LogP contribution is 2.19. The summed E-state index contributed by atoms with van der Waals surface area (Å²) in [5.74, 6) is 1.83. The Hall–Kier alpha value is -2.69. The van der Waals surface area contributed by atoms with Crippen LogP contribution in [0.2, 0.25) is 0 Å². The number of carbonyl (C=O) groups is 1. The molecule has 5 heteroatoms. The van der Waals surface area contributed by atoms with Crippen molar-refractivity contribution in [1.82, 2.24) is 0 Å². The fourth-order valence-corrected chi connectivity index (χ4v) is 1.98. The van der Waals surface area contributed by atoms with Gasteiger partial charge in [-0.15, -0.1) is 0 Å². The number of esters is 1. The highest BCUT2D eigenvalue weighted by Gasteiger charge is 2.07. The monoisotopic (exact) mass is 316 g/mol. The van der Waals surface area contributed by atoms with Crippen LogP contribution in [0.25, 0.3) is 0 Å². The Labute approximate surface area is 135 Å². The molecule has 0 aromatic heterocycles. The molecule has 0 spiro atoms. The van der Waals surface area contributed by atoms with Gasteiger partial charge >= 0.3 is 5.97 Å². The van der Waals surface area contributed by atoms with E-state index in [0.717, 1.165) is 11.3 Å². The van der Waals surface area contributed by atoms with Crippen molar-refractivity contribution in [3.8, 4) is 17.2 Å². The summed E-state index contributed by atoms with van der Waals surface area (Å²) in [6.07, 6.45) is 0.182. The lowest BCUT2D eigenvalue weighted by Crippen LogP contribution is -2.10. The number of carbonyl (C=O) groups excluding carboxylic acids is 1. The van der Waals surface area contributed by atoms with E-state index in [1.54, 1.807) is 38.5 Å². The minimum Gasteiger partial charge on any atom is -0.497 e. The molecule has 0 aliphatic carbocycles. The maximum Gasteiger partial charge on any atom is 0.309 e. The maximum absolute atomic E-state index is 11.7. The Kier molecular flexibility index (Phi) is 6.29. The van der Waals surface area contributed by atoms with E-state index in [0.29, 0.717) is 11.5 Å². The Morgan fingerprint density at radius 3 is 2.30 bits per heavy atom. The Balaban J connectivity index is 1.72. The van der Waals surface area contributed by atoms with Gasteiger partial charge in [0.05, 0.1) is 27.2 Å². The molecule has 0 aliphatic rings. The minimum atomic E-state index is -0.315. The lowest BCUT2D eigenvalue weighted by molar-refractivity contribution is -0.145. The summed E-state index contributed by atoms with van der Waals surface area (Å²) in [4.78, 5) is 11.7. The lowest BCUT2D eigenvalue weighted by Gasteiger charge is -2.10. The molecule has 0 radical (unpaired) electrons. The van der Waals surface area contributed by atoms with Crippen molar-refractivity contribution < 1.29 is 23.7 Å². The van der Waals surface area contributed by atoms with Crippen molar-refractivity contribution in [3.05, 3.63) is 54.1 Å². The highest BCUT2D eigenvalue weighted by molar-refractivity contribution is 5.69. The zero-order valence-electron chi connectivity index (χ0n) is 13.3. The molecule has 0 heterocycles. The van der Waals surface area contributed by atoms with Crippen LogP contribution in [0.3, 0.4) is 0 Å². The molecule has 0 saturated heterocycles. The average molecular weight is 316 g/mol. The summed E-state index contributed by atoms with van der Waals surface area (Å²) in [5, 5.41) is 0. The van der Waals surface area contributed by atoms with Gasteiger partial charge in [-0.25, -0.2) is 0 Å². The van der Waals surface area contributed by atoms with Gasteiger partial charge in [0.25, 0.3) is 0 Å². The van der Waals surface area contributed by atoms with Crippen LogP contribution in [0.15, 0.2) is 48.5 Å². The van der Waals surface area contributed by atoms with Gasteiger partial charge in [-0.2, -0.15) is 0 Å². The number of benzene rings is 2. The van der Waals surface area contributed by atoms with Gasteiger partial charge in [-0.3, -0.25) is 4.79 Å². The number of rotatable bonds is 8. The van der Waals surface area contributed by atoms with Gasteiger partial charge in [0.15, 0.2) is 0 Å². The van der Waals surface area contributed by atoms with Gasteiger partial charge in [-0.05, 0) is 30.3 Å². The molecular weight excluding hydrogens is 296 g/mol. The van der Waals surface area contributed by atoms with Crippen LogP contribution in [0.5, 0.6) is 17.2 Å². The van der Waals surface area contributed by atoms with E-state index in [1.807, 2.05) is 24.3 Å². The normalized spacial score (nSPS) is 10.0. The first-order valence-corrected chi connectivity index (χ1v) is 7.27. The molecule has 0 atom stereocenters. The van der Waals surface area contributed by atoms with Crippen LogP contribution < -0.4 is 14.2 Å². The van der Waals surface area contributed by atoms with Crippen LogP contribution in [-0.4, -0.2) is 26.8 Å². The van der Waals surface area contributed by atoms with Gasteiger partial charge in [-0.1, -0.05) is 18.2 Å². The van der Waals surface area contributed by atoms with Crippen molar-refractivity contribution in [2.24, 2.45) is 0 Å². The average Bonchev–Trinajstić information content (AvgIpc) is 2.60. The smallest absolute Gasteiger partial charge is 0.309 e. The Bertz CT molecular complexity index is 622. The number of methoxy groups -OCH3 is 2. The quantitative estimate of drug-likeness (QED) is 0.700. The van der Waals surface area contributed by atoms with E-state index in [1.165, 1.54) is 0 Å². The number of para-hydroxylation sites is 1. The van der Waals surface area contributed by atoms with Gasteiger partial charge < -0.3 is 18.9 Å². The predicted octanol–water partition coefficient (Wildman–Crippen LogP) is 3.22. The first kappa shape index (κ1) is 16.7. The molecule has 2 rings (SSSR count). The number of hydrogen-bond acceptors (Lipinski definition) is 5. The minimum absolute atomic E-state index is 0.182. The molecule has 0 N–H and O–H groups in total. The van der Waals surface area contributed by atoms with Crippen molar-refractivity contribution in [1.29, 1.82) is 0 Å². The van der Waals surface area contributed by atoms with Crippen LogP contribution >= 0.6 is 0 Å². The van der Waals surface area contributed by atoms with E-state index in [4.69, 9.17) is 18.9 Å². The zero-order valence-corrected chi connectivity index (χ0v) is 13.3. The molecule has 2 aromatic rings. The van der Waals surface area contributed by atoms with Gasteiger partial charge in [0.1, 0.15) is 23.9 Å². The van der Waals surface area contributed by atoms with Crippen LogP contribution in [0, 0.1) is 0 Å². The fraction of sp³-hybridized carbons (Fsp3) is 0.278. The summed E-state index contributed by atoms with van der Waals surface area (Å²) in [6.45, 7) is 0.447. The third kappa shape index (κ3) is 5.21. The second kappa shape index (κ2) is 8.68. The second-order valence-electron chi connectivity index (χ2n) is 4.75. The van der Waals surface area contributed by atoms with Crippen LogP contribution in [-0.2, 0) is 16.1 Å². The fourth-order valence-electron chi connectivity index (χ4n) is 1.98. The third-order valence-corrected chi connectivity index (χ3v) is 3.22. The molecule has 23 heavy (non-hydrogen) atoms. The largest absolute Gasteiger partial charge is 0.497 e. The van der Waals surface area contributed by atoms with Gasteiger partial charge in [0.2, 0.25) is 0 Å². The van der Waals surface area contributed by atoms with Crippen molar-refractivity contribution >= 4 is 5.97 Å². The van der Waals surface area contributed by atoms with E-state index < -0.39 is 0 Å². The van der Waals surface area contributed by atoms with Crippen molar-refractivity contribution in [2.45, 2.75) is 13.0 Å². The molecule has 0 saturated carbocycles.